The largest absolute Gasteiger partial charge is 0.352 e. The molecule has 0 aliphatic heterocycles. The summed E-state index contributed by atoms with van der Waals surface area (Å²) in [5.74, 6) is -1.49. The summed E-state index contributed by atoms with van der Waals surface area (Å²) in [4.78, 5) is 28.0. The van der Waals surface area contributed by atoms with Gasteiger partial charge in [-0.1, -0.05) is 77.9 Å². The zero-order valence-electron chi connectivity index (χ0n) is 20.5. The maximum atomic E-state index is 13.4. The number of carbonyl (C=O) groups excluding carboxylic acids is 2. The van der Waals surface area contributed by atoms with Gasteiger partial charge >= 0.3 is 0 Å². The van der Waals surface area contributed by atoms with Crippen LogP contribution in [0.1, 0.15) is 46.1 Å². The number of nitrogens with one attached hydrogen (secondary N) is 1. The highest BCUT2D eigenvalue weighted by Gasteiger charge is 2.28. The monoisotopic (exact) mass is 444 g/mol. The zero-order valence-corrected chi connectivity index (χ0v) is 20.5. The van der Waals surface area contributed by atoms with Crippen molar-refractivity contribution in [2.75, 3.05) is 18.5 Å². The summed E-state index contributed by atoms with van der Waals surface area (Å²) in [6.45, 7) is 8.58. The minimum absolute atomic E-state index is 0.266. The van der Waals surface area contributed by atoms with E-state index in [0.717, 1.165) is 29.7 Å². The van der Waals surface area contributed by atoms with Crippen LogP contribution in [0.3, 0.4) is 0 Å². The van der Waals surface area contributed by atoms with Gasteiger partial charge in [-0.2, -0.15) is 0 Å². The summed E-state index contributed by atoms with van der Waals surface area (Å²) in [7, 11) is 1.71. The number of rotatable bonds is 10. The van der Waals surface area contributed by atoms with Crippen LogP contribution >= 0.6 is 0 Å². The SMILES string of the molecule is CC(C)=CCC/C(C)=C/CNC(=O)C(/C=C(\C)c1ccccc1)C(=O)N(C)c1ccccc1. The van der Waals surface area contributed by atoms with E-state index in [9.17, 15) is 9.59 Å². The molecule has 1 unspecified atom stereocenters. The Bertz CT molecular complexity index is 1000. The van der Waals surface area contributed by atoms with Crippen molar-refractivity contribution in [1.82, 2.24) is 5.32 Å². The summed E-state index contributed by atoms with van der Waals surface area (Å²) in [6.07, 6.45) is 7.93. The lowest BCUT2D eigenvalue weighted by molar-refractivity contribution is -0.131. The molecule has 0 aliphatic rings. The smallest absolute Gasteiger partial charge is 0.243 e. The van der Waals surface area contributed by atoms with Gasteiger partial charge in [0.2, 0.25) is 11.8 Å². The molecule has 0 saturated heterocycles. The molecule has 0 heterocycles. The van der Waals surface area contributed by atoms with E-state index in [1.807, 2.05) is 73.7 Å². The van der Waals surface area contributed by atoms with Crippen LogP contribution in [-0.2, 0) is 9.59 Å². The molecule has 0 spiro atoms. The number of allylic oxidation sites excluding steroid dienone is 4. The number of benzene rings is 2. The lowest BCUT2D eigenvalue weighted by Gasteiger charge is -2.22. The molecule has 0 aliphatic carbocycles. The average molecular weight is 445 g/mol. The molecule has 0 radical (unpaired) electrons. The first-order valence-electron chi connectivity index (χ1n) is 11.4. The maximum absolute atomic E-state index is 13.4. The molecule has 1 atom stereocenters. The molecule has 2 aromatic carbocycles. The van der Waals surface area contributed by atoms with Gasteiger partial charge in [-0.15, -0.1) is 0 Å². The normalized spacial score (nSPS) is 12.6. The number of nitrogens with zero attached hydrogens (tertiary/aromatic N) is 1. The Morgan fingerprint density at radius 2 is 1.52 bits per heavy atom. The van der Waals surface area contributed by atoms with Crippen molar-refractivity contribution in [3.05, 3.63) is 95.6 Å². The van der Waals surface area contributed by atoms with Crippen LogP contribution in [0.15, 0.2) is 90.0 Å². The highest BCUT2D eigenvalue weighted by Crippen LogP contribution is 2.20. The molecular formula is C29H36N2O2. The van der Waals surface area contributed by atoms with E-state index >= 15 is 0 Å². The first kappa shape index (κ1) is 25.9. The van der Waals surface area contributed by atoms with Gasteiger partial charge in [0.15, 0.2) is 0 Å². The van der Waals surface area contributed by atoms with Crippen molar-refractivity contribution >= 4 is 23.1 Å². The second-order valence-electron chi connectivity index (χ2n) is 8.54. The number of amides is 2. The van der Waals surface area contributed by atoms with Gasteiger partial charge < -0.3 is 10.2 Å². The van der Waals surface area contributed by atoms with Gasteiger partial charge in [-0.05, 0) is 63.8 Å². The molecule has 2 amide bonds. The summed E-state index contributed by atoms with van der Waals surface area (Å²) in [6, 6.07) is 19.2. The molecule has 0 fully saturated rings. The summed E-state index contributed by atoms with van der Waals surface area (Å²) < 4.78 is 0. The first-order chi connectivity index (χ1) is 15.8. The van der Waals surface area contributed by atoms with E-state index in [1.54, 1.807) is 18.0 Å². The van der Waals surface area contributed by atoms with Crippen molar-refractivity contribution < 1.29 is 9.59 Å². The second-order valence-corrected chi connectivity index (χ2v) is 8.54. The molecule has 4 heteroatoms. The molecule has 0 aromatic heterocycles. The molecule has 2 aromatic rings. The Balaban J connectivity index is 2.18. The van der Waals surface area contributed by atoms with Crippen LogP contribution in [0, 0.1) is 5.92 Å². The molecular weight excluding hydrogens is 408 g/mol. The number of hydrogen-bond donors (Lipinski definition) is 1. The third kappa shape index (κ3) is 8.57. The third-order valence-corrected chi connectivity index (χ3v) is 5.49. The fraction of sp³-hybridized carbons (Fsp3) is 0.310. The average Bonchev–Trinajstić information content (AvgIpc) is 2.82. The van der Waals surface area contributed by atoms with Crippen LogP contribution in [-0.4, -0.2) is 25.4 Å². The molecule has 0 bridgehead atoms. The molecule has 1 N–H and O–H groups in total. The van der Waals surface area contributed by atoms with Gasteiger partial charge in [-0.25, -0.2) is 0 Å². The molecule has 174 valence electrons. The Hall–Kier alpha value is -3.40. The molecule has 0 saturated carbocycles. The predicted octanol–water partition coefficient (Wildman–Crippen LogP) is 6.18. The number of carbonyl (C=O) groups is 2. The topological polar surface area (TPSA) is 49.4 Å². The number of hydrogen-bond acceptors (Lipinski definition) is 2. The van der Waals surface area contributed by atoms with E-state index in [-0.39, 0.29) is 11.8 Å². The Labute approximate surface area is 198 Å². The van der Waals surface area contributed by atoms with Gasteiger partial charge in [-0.3, -0.25) is 9.59 Å². The third-order valence-electron chi connectivity index (χ3n) is 5.49. The zero-order chi connectivity index (χ0) is 24.2. The van der Waals surface area contributed by atoms with Crippen LogP contribution < -0.4 is 10.2 Å². The van der Waals surface area contributed by atoms with E-state index in [0.29, 0.717) is 6.54 Å². The van der Waals surface area contributed by atoms with Crippen LogP contribution in [0.2, 0.25) is 0 Å². The van der Waals surface area contributed by atoms with Crippen molar-refractivity contribution in [2.45, 2.75) is 40.5 Å². The number of para-hydroxylation sites is 1. The lowest BCUT2D eigenvalue weighted by Crippen LogP contribution is -2.41. The Morgan fingerprint density at radius 3 is 2.12 bits per heavy atom. The van der Waals surface area contributed by atoms with Crippen LogP contribution in [0.5, 0.6) is 0 Å². The number of anilines is 1. The molecule has 4 nitrogen and oxygen atoms in total. The van der Waals surface area contributed by atoms with Gasteiger partial charge in [0.05, 0.1) is 0 Å². The van der Waals surface area contributed by atoms with E-state index < -0.39 is 5.92 Å². The van der Waals surface area contributed by atoms with Crippen molar-refractivity contribution in [2.24, 2.45) is 5.92 Å². The maximum Gasteiger partial charge on any atom is 0.243 e. The quantitative estimate of drug-likeness (QED) is 0.351. The highest BCUT2D eigenvalue weighted by molar-refractivity contribution is 6.09. The van der Waals surface area contributed by atoms with Gasteiger partial charge in [0, 0.05) is 19.3 Å². The van der Waals surface area contributed by atoms with Gasteiger partial charge in [0.25, 0.3) is 0 Å². The van der Waals surface area contributed by atoms with E-state index in [1.165, 1.54) is 11.1 Å². The minimum Gasteiger partial charge on any atom is -0.352 e. The van der Waals surface area contributed by atoms with Crippen molar-refractivity contribution in [3.8, 4) is 0 Å². The standard InChI is InChI=1S/C29H36N2O2/c1-22(2)13-12-14-23(3)19-20-30-28(32)27(21-24(4)25-15-8-6-9-16-25)29(33)31(5)26-17-10-7-11-18-26/h6-11,13,15-19,21,27H,12,14,20H2,1-5H3,(H,30,32)/b23-19+,24-21+. The Kier molecular flexibility index (Phi) is 10.4. The molecule has 33 heavy (non-hydrogen) atoms. The predicted molar refractivity (Wildman–Crippen MR) is 139 cm³/mol. The van der Waals surface area contributed by atoms with Crippen LogP contribution in [0.25, 0.3) is 5.57 Å². The summed E-state index contributed by atoms with van der Waals surface area (Å²) in [5.41, 5.74) is 5.15. The molecule has 2 rings (SSSR count). The van der Waals surface area contributed by atoms with Crippen LogP contribution in [0.4, 0.5) is 5.69 Å². The fourth-order valence-corrected chi connectivity index (χ4v) is 3.42. The highest BCUT2D eigenvalue weighted by atomic mass is 16.2. The lowest BCUT2D eigenvalue weighted by atomic mass is 9.99. The minimum atomic E-state index is -0.921. The summed E-state index contributed by atoms with van der Waals surface area (Å²) in [5, 5.41) is 2.93. The van der Waals surface area contributed by atoms with Gasteiger partial charge in [0.1, 0.15) is 5.92 Å². The Morgan fingerprint density at radius 1 is 0.909 bits per heavy atom. The van der Waals surface area contributed by atoms with Crippen molar-refractivity contribution in [3.63, 3.8) is 0 Å². The van der Waals surface area contributed by atoms with E-state index in [4.69, 9.17) is 0 Å². The second kappa shape index (κ2) is 13.2. The van der Waals surface area contributed by atoms with E-state index in [2.05, 4.69) is 32.2 Å². The fourth-order valence-electron chi connectivity index (χ4n) is 3.42. The summed E-state index contributed by atoms with van der Waals surface area (Å²) >= 11 is 0. The first-order valence-corrected chi connectivity index (χ1v) is 11.4. The van der Waals surface area contributed by atoms with Crippen molar-refractivity contribution in [1.29, 1.82) is 0 Å².